The summed E-state index contributed by atoms with van der Waals surface area (Å²) < 4.78 is 6.16. The third-order valence-corrected chi connectivity index (χ3v) is 4.80. The number of ether oxygens (including phenoxy) is 1. The number of rotatable bonds is 0. The van der Waals surface area contributed by atoms with E-state index in [-0.39, 0.29) is 5.91 Å². The molecule has 3 nitrogen and oxygen atoms in total. The summed E-state index contributed by atoms with van der Waals surface area (Å²) in [5.74, 6) is 1.43. The number of hydrogen-bond acceptors (Lipinski definition) is 2. The third-order valence-electron chi connectivity index (χ3n) is 4.80. The normalized spacial score (nSPS) is 29.6. The molecule has 1 aromatic carbocycles. The van der Waals surface area contributed by atoms with E-state index in [0.29, 0.717) is 16.9 Å². The molecule has 1 aliphatic carbocycles. The average Bonchev–Trinajstić information content (AvgIpc) is 2.38. The monoisotopic (exact) mass is 273 g/mol. The highest BCUT2D eigenvalue weighted by molar-refractivity contribution is 5.98. The van der Waals surface area contributed by atoms with Gasteiger partial charge < -0.3 is 10.1 Å². The number of amides is 1. The number of para-hydroxylation sites is 1. The molecule has 20 heavy (non-hydrogen) atoms. The van der Waals surface area contributed by atoms with Crippen LogP contribution >= 0.6 is 0 Å². The van der Waals surface area contributed by atoms with Gasteiger partial charge in [-0.1, -0.05) is 32.9 Å². The van der Waals surface area contributed by atoms with Crippen molar-refractivity contribution in [2.75, 3.05) is 0 Å². The van der Waals surface area contributed by atoms with Crippen LogP contribution in [0.25, 0.3) is 0 Å². The Morgan fingerprint density at radius 2 is 1.85 bits per heavy atom. The molecule has 0 atom stereocenters. The Balaban J connectivity index is 1.79. The van der Waals surface area contributed by atoms with E-state index in [1.165, 1.54) is 0 Å². The van der Waals surface area contributed by atoms with Gasteiger partial charge in [-0.25, -0.2) is 0 Å². The minimum atomic E-state index is -0.479. The smallest absolute Gasteiger partial charge is 0.258 e. The molecule has 1 fully saturated rings. The van der Waals surface area contributed by atoms with Gasteiger partial charge in [-0.2, -0.15) is 0 Å². The van der Waals surface area contributed by atoms with Crippen LogP contribution in [0.1, 0.15) is 56.8 Å². The van der Waals surface area contributed by atoms with E-state index < -0.39 is 5.72 Å². The molecule has 3 rings (SSSR count). The van der Waals surface area contributed by atoms with Gasteiger partial charge in [0.25, 0.3) is 5.91 Å². The second-order valence-electron chi connectivity index (χ2n) is 7.19. The van der Waals surface area contributed by atoms with E-state index in [9.17, 15) is 4.79 Å². The quantitative estimate of drug-likeness (QED) is 0.782. The zero-order chi connectivity index (χ0) is 14.4. The standard InChI is InChI=1S/C17H23NO2/c1-16(2,3)12-8-10-17(11-9-12)18-15(19)13-6-4-5-7-14(13)20-17/h4-7,12H,8-11H2,1-3H3,(H,18,19). The molecule has 0 aromatic heterocycles. The minimum absolute atomic E-state index is 0.000980. The van der Waals surface area contributed by atoms with Crippen molar-refractivity contribution in [3.05, 3.63) is 29.8 Å². The minimum Gasteiger partial charge on any atom is -0.467 e. The molecule has 2 aliphatic rings. The van der Waals surface area contributed by atoms with Crippen molar-refractivity contribution in [3.8, 4) is 5.75 Å². The Bertz CT molecular complexity index is 522. The Labute approximate surface area is 120 Å². The maximum Gasteiger partial charge on any atom is 0.258 e. The van der Waals surface area contributed by atoms with Gasteiger partial charge in [0.05, 0.1) is 5.56 Å². The van der Waals surface area contributed by atoms with Crippen molar-refractivity contribution in [1.29, 1.82) is 0 Å². The van der Waals surface area contributed by atoms with Crippen LogP contribution in [0.4, 0.5) is 0 Å². The Kier molecular flexibility index (Phi) is 3.03. The first-order valence-corrected chi connectivity index (χ1v) is 7.50. The molecule has 3 heteroatoms. The maximum atomic E-state index is 12.2. The summed E-state index contributed by atoms with van der Waals surface area (Å²) >= 11 is 0. The molecule has 0 unspecified atom stereocenters. The van der Waals surface area contributed by atoms with Gasteiger partial charge in [0.1, 0.15) is 5.75 Å². The van der Waals surface area contributed by atoms with Crippen molar-refractivity contribution in [2.24, 2.45) is 11.3 Å². The highest BCUT2D eigenvalue weighted by atomic mass is 16.5. The number of carbonyl (C=O) groups is 1. The topological polar surface area (TPSA) is 38.3 Å². The van der Waals surface area contributed by atoms with Crippen molar-refractivity contribution in [3.63, 3.8) is 0 Å². The first-order chi connectivity index (χ1) is 9.40. The van der Waals surface area contributed by atoms with Crippen LogP contribution < -0.4 is 10.1 Å². The summed E-state index contributed by atoms with van der Waals surface area (Å²) in [6.07, 6.45) is 4.00. The van der Waals surface area contributed by atoms with Crippen LogP contribution in [0.3, 0.4) is 0 Å². The van der Waals surface area contributed by atoms with Gasteiger partial charge >= 0.3 is 0 Å². The third kappa shape index (κ3) is 2.30. The fraction of sp³-hybridized carbons (Fsp3) is 0.588. The molecule has 108 valence electrons. The van der Waals surface area contributed by atoms with Crippen LogP contribution in [0.2, 0.25) is 0 Å². The predicted octanol–water partition coefficient (Wildman–Crippen LogP) is 3.74. The van der Waals surface area contributed by atoms with Gasteiger partial charge in [0.2, 0.25) is 0 Å². The maximum absolute atomic E-state index is 12.2. The Morgan fingerprint density at radius 3 is 2.50 bits per heavy atom. The molecule has 1 heterocycles. The largest absolute Gasteiger partial charge is 0.467 e. The predicted molar refractivity (Wildman–Crippen MR) is 78.7 cm³/mol. The number of fused-ring (bicyclic) bond motifs is 1. The fourth-order valence-electron chi connectivity index (χ4n) is 3.43. The average molecular weight is 273 g/mol. The highest BCUT2D eigenvalue weighted by Gasteiger charge is 2.44. The van der Waals surface area contributed by atoms with E-state index in [0.717, 1.165) is 31.4 Å². The summed E-state index contributed by atoms with van der Waals surface area (Å²) in [6.45, 7) is 6.89. The van der Waals surface area contributed by atoms with Gasteiger partial charge in [-0.3, -0.25) is 4.79 Å². The summed E-state index contributed by atoms with van der Waals surface area (Å²) in [7, 11) is 0. The van der Waals surface area contributed by atoms with Crippen LogP contribution in [0.5, 0.6) is 5.75 Å². The Morgan fingerprint density at radius 1 is 1.20 bits per heavy atom. The summed E-state index contributed by atoms with van der Waals surface area (Å²) in [6, 6.07) is 7.51. The highest BCUT2D eigenvalue weighted by Crippen LogP contribution is 2.43. The molecule has 0 bridgehead atoms. The summed E-state index contributed by atoms with van der Waals surface area (Å²) in [5.41, 5.74) is 0.502. The van der Waals surface area contributed by atoms with Gasteiger partial charge in [-0.05, 0) is 36.3 Å². The molecule has 1 saturated carbocycles. The van der Waals surface area contributed by atoms with Crippen LogP contribution in [0.15, 0.2) is 24.3 Å². The lowest BCUT2D eigenvalue weighted by Gasteiger charge is -2.46. The van der Waals surface area contributed by atoms with E-state index in [2.05, 4.69) is 26.1 Å². The summed E-state index contributed by atoms with van der Waals surface area (Å²) in [5, 5.41) is 3.10. The number of nitrogens with one attached hydrogen (secondary N) is 1. The molecule has 1 aliphatic heterocycles. The summed E-state index contributed by atoms with van der Waals surface area (Å²) in [4.78, 5) is 12.2. The molecular formula is C17H23NO2. The Hall–Kier alpha value is -1.51. The lowest BCUT2D eigenvalue weighted by Crippen LogP contribution is -2.58. The van der Waals surface area contributed by atoms with Gasteiger partial charge in [0.15, 0.2) is 5.72 Å². The molecule has 1 N–H and O–H groups in total. The van der Waals surface area contributed by atoms with Crippen molar-refractivity contribution in [2.45, 2.75) is 52.2 Å². The van der Waals surface area contributed by atoms with Crippen molar-refractivity contribution < 1.29 is 9.53 Å². The second-order valence-corrected chi connectivity index (χ2v) is 7.19. The van der Waals surface area contributed by atoms with Crippen LogP contribution in [-0.4, -0.2) is 11.6 Å². The number of benzene rings is 1. The van der Waals surface area contributed by atoms with E-state index in [1.807, 2.05) is 24.3 Å². The lowest BCUT2D eigenvalue weighted by atomic mass is 9.70. The molecule has 1 amide bonds. The lowest BCUT2D eigenvalue weighted by molar-refractivity contribution is -0.0321. The molecule has 0 radical (unpaired) electrons. The van der Waals surface area contributed by atoms with Crippen LogP contribution in [0, 0.1) is 11.3 Å². The second kappa shape index (κ2) is 4.51. The molecule has 1 spiro atoms. The van der Waals surface area contributed by atoms with Gasteiger partial charge in [0, 0.05) is 12.8 Å². The molecule has 1 aromatic rings. The number of carbonyl (C=O) groups excluding carboxylic acids is 1. The van der Waals surface area contributed by atoms with E-state index >= 15 is 0 Å². The molecule has 0 saturated heterocycles. The number of hydrogen-bond donors (Lipinski definition) is 1. The van der Waals surface area contributed by atoms with Crippen LogP contribution in [-0.2, 0) is 0 Å². The van der Waals surface area contributed by atoms with Gasteiger partial charge in [-0.15, -0.1) is 0 Å². The van der Waals surface area contributed by atoms with Crippen molar-refractivity contribution in [1.82, 2.24) is 5.32 Å². The SMILES string of the molecule is CC(C)(C)C1CCC2(CC1)NC(=O)c1ccccc1O2. The molecular weight excluding hydrogens is 250 g/mol. The zero-order valence-electron chi connectivity index (χ0n) is 12.5. The first kappa shape index (κ1) is 13.5. The van der Waals surface area contributed by atoms with E-state index in [1.54, 1.807) is 0 Å². The first-order valence-electron chi connectivity index (χ1n) is 7.50. The van der Waals surface area contributed by atoms with Crippen molar-refractivity contribution >= 4 is 5.91 Å². The fourth-order valence-corrected chi connectivity index (χ4v) is 3.43. The van der Waals surface area contributed by atoms with E-state index in [4.69, 9.17) is 4.74 Å². The zero-order valence-corrected chi connectivity index (χ0v) is 12.5.